The first-order valence-corrected chi connectivity index (χ1v) is 10.0. The maximum atomic E-state index is 6.29. The molecular formula is C19H23ClN3OS+. The van der Waals surface area contributed by atoms with Gasteiger partial charge in [0, 0.05) is 37.2 Å². The molecule has 4 rings (SSSR count). The van der Waals surface area contributed by atoms with Gasteiger partial charge >= 0.3 is 0 Å². The molecule has 0 spiro atoms. The molecule has 2 aliphatic rings. The molecule has 1 aliphatic heterocycles. The van der Waals surface area contributed by atoms with Gasteiger partial charge in [-0.25, -0.2) is 9.97 Å². The van der Waals surface area contributed by atoms with Crippen LogP contribution in [0, 0.1) is 6.92 Å². The highest BCUT2D eigenvalue weighted by Gasteiger charge is 2.55. The second-order valence-electron chi connectivity index (χ2n) is 6.98. The van der Waals surface area contributed by atoms with E-state index < -0.39 is 0 Å². The number of aromatic nitrogens is 2. The molecule has 1 aromatic heterocycles. The Balaban J connectivity index is 1.62. The SMILES string of the molecule is Cc1ccc([SH+]C2(c3cc(N4CCOC[C@@H]4C)nc(Cl)n3)CC2)cc1. The van der Waals surface area contributed by atoms with Crippen LogP contribution in [-0.4, -0.2) is 35.8 Å². The minimum absolute atomic E-state index is 0.0894. The van der Waals surface area contributed by atoms with Gasteiger partial charge in [0.1, 0.15) is 11.5 Å². The summed E-state index contributed by atoms with van der Waals surface area (Å²) in [7, 11) is 0. The minimum Gasteiger partial charge on any atom is -0.377 e. The molecule has 1 atom stereocenters. The highest BCUT2D eigenvalue weighted by atomic mass is 35.5. The lowest BCUT2D eigenvalue weighted by Gasteiger charge is -2.34. The monoisotopic (exact) mass is 376 g/mol. The Labute approximate surface area is 158 Å². The lowest BCUT2D eigenvalue weighted by Crippen LogP contribution is -2.44. The molecule has 0 unspecified atom stereocenters. The summed E-state index contributed by atoms with van der Waals surface area (Å²) in [6.07, 6.45) is 2.29. The quantitative estimate of drug-likeness (QED) is 0.465. The zero-order valence-corrected chi connectivity index (χ0v) is 16.2. The summed E-state index contributed by atoms with van der Waals surface area (Å²) < 4.78 is 5.63. The summed E-state index contributed by atoms with van der Waals surface area (Å²) >= 11 is 7.60. The van der Waals surface area contributed by atoms with Crippen LogP contribution in [0.15, 0.2) is 35.2 Å². The molecule has 1 aromatic carbocycles. The van der Waals surface area contributed by atoms with Gasteiger partial charge in [0.25, 0.3) is 0 Å². The normalized spacial score (nSPS) is 22.0. The molecule has 132 valence electrons. The van der Waals surface area contributed by atoms with Gasteiger partial charge in [-0.15, -0.1) is 0 Å². The van der Waals surface area contributed by atoms with E-state index in [1.807, 2.05) is 0 Å². The highest BCUT2D eigenvalue weighted by molar-refractivity contribution is 7.80. The fraction of sp³-hybridized carbons (Fsp3) is 0.474. The number of benzene rings is 1. The second kappa shape index (κ2) is 6.78. The van der Waals surface area contributed by atoms with Gasteiger partial charge in [0.05, 0.1) is 19.3 Å². The van der Waals surface area contributed by atoms with Crippen LogP contribution in [0.25, 0.3) is 0 Å². The van der Waals surface area contributed by atoms with Crippen molar-refractivity contribution in [3.05, 3.63) is 46.9 Å². The van der Waals surface area contributed by atoms with Gasteiger partial charge in [-0.3, -0.25) is 0 Å². The van der Waals surface area contributed by atoms with Gasteiger partial charge < -0.3 is 9.64 Å². The first-order valence-electron chi connectivity index (χ1n) is 8.75. The van der Waals surface area contributed by atoms with E-state index in [1.165, 1.54) is 22.2 Å². The van der Waals surface area contributed by atoms with Crippen LogP contribution in [0.2, 0.25) is 5.28 Å². The Morgan fingerprint density at radius 3 is 2.68 bits per heavy atom. The van der Waals surface area contributed by atoms with Gasteiger partial charge in [-0.2, -0.15) is 0 Å². The third-order valence-corrected chi connectivity index (χ3v) is 6.75. The van der Waals surface area contributed by atoms with E-state index >= 15 is 0 Å². The van der Waals surface area contributed by atoms with Crippen LogP contribution in [0.3, 0.4) is 0 Å². The van der Waals surface area contributed by atoms with Crippen molar-refractivity contribution in [3.63, 3.8) is 0 Å². The van der Waals surface area contributed by atoms with Gasteiger partial charge in [0.15, 0.2) is 9.64 Å². The molecule has 25 heavy (non-hydrogen) atoms. The molecule has 6 heteroatoms. The number of ether oxygens (including phenoxy) is 1. The molecule has 1 aliphatic carbocycles. The predicted octanol–water partition coefficient (Wildman–Crippen LogP) is 3.53. The second-order valence-corrected chi connectivity index (χ2v) is 8.91. The summed E-state index contributed by atoms with van der Waals surface area (Å²) in [5, 5.41) is 0.344. The standard InChI is InChI=1S/C19H22ClN3OS/c1-13-3-5-15(6-4-13)25-19(7-8-19)16-11-17(22-18(20)21-16)23-9-10-24-12-14(23)2/h3-6,11,14H,7-10,12H2,1-2H3/p+1/t14-/m0/s1. The van der Waals surface area contributed by atoms with Crippen molar-refractivity contribution in [2.75, 3.05) is 24.7 Å². The fourth-order valence-corrected chi connectivity index (χ4v) is 4.80. The van der Waals surface area contributed by atoms with Gasteiger partial charge in [-0.1, -0.05) is 17.7 Å². The molecule has 4 nitrogen and oxygen atoms in total. The molecule has 0 N–H and O–H groups in total. The smallest absolute Gasteiger partial charge is 0.224 e. The third-order valence-electron chi connectivity index (χ3n) is 4.92. The molecule has 2 aromatic rings. The molecule has 2 fully saturated rings. The molecular weight excluding hydrogens is 354 g/mol. The first-order chi connectivity index (χ1) is 12.1. The summed E-state index contributed by atoms with van der Waals surface area (Å²) in [6.45, 7) is 6.58. The lowest BCUT2D eigenvalue weighted by atomic mass is 10.2. The van der Waals surface area contributed by atoms with E-state index in [4.69, 9.17) is 16.3 Å². The van der Waals surface area contributed by atoms with Crippen LogP contribution in [0.1, 0.15) is 31.0 Å². The molecule has 0 radical (unpaired) electrons. The zero-order valence-electron chi connectivity index (χ0n) is 14.6. The van der Waals surface area contributed by atoms with Crippen molar-refractivity contribution in [2.24, 2.45) is 0 Å². The summed E-state index contributed by atoms with van der Waals surface area (Å²) in [5.74, 6) is 0.927. The van der Waals surface area contributed by atoms with Crippen LogP contribution in [0.4, 0.5) is 5.82 Å². The van der Waals surface area contributed by atoms with Gasteiger partial charge in [0.2, 0.25) is 5.28 Å². The number of hydrogen-bond donors (Lipinski definition) is 0. The predicted molar refractivity (Wildman–Crippen MR) is 104 cm³/mol. The Morgan fingerprint density at radius 1 is 1.24 bits per heavy atom. The summed E-state index contributed by atoms with van der Waals surface area (Å²) in [5.41, 5.74) is 2.36. The molecule has 1 saturated carbocycles. The maximum Gasteiger partial charge on any atom is 0.224 e. The summed E-state index contributed by atoms with van der Waals surface area (Å²) in [6, 6.07) is 11.2. The van der Waals surface area contributed by atoms with E-state index in [-0.39, 0.29) is 4.75 Å². The topological polar surface area (TPSA) is 38.2 Å². The van der Waals surface area contributed by atoms with Crippen molar-refractivity contribution in [1.82, 2.24) is 9.97 Å². The average Bonchev–Trinajstić information content (AvgIpc) is 3.38. The highest BCUT2D eigenvalue weighted by Crippen LogP contribution is 2.51. The third kappa shape index (κ3) is 3.64. The number of anilines is 1. The van der Waals surface area contributed by atoms with Crippen LogP contribution < -0.4 is 4.90 Å². The Bertz CT molecular complexity index is 764. The van der Waals surface area contributed by atoms with Crippen molar-refractivity contribution < 1.29 is 4.74 Å². The Kier molecular flexibility index (Phi) is 4.65. The number of aryl methyl sites for hydroxylation is 1. The number of hydrogen-bond acceptors (Lipinski definition) is 4. The number of halogens is 1. The number of thiol groups is 1. The van der Waals surface area contributed by atoms with Crippen LogP contribution in [-0.2, 0) is 21.2 Å². The van der Waals surface area contributed by atoms with Crippen molar-refractivity contribution in [3.8, 4) is 0 Å². The first kappa shape index (κ1) is 17.1. The Morgan fingerprint density at radius 2 is 2.00 bits per heavy atom. The van der Waals surface area contributed by atoms with Crippen molar-refractivity contribution in [2.45, 2.75) is 42.4 Å². The number of morpholine rings is 1. The summed E-state index contributed by atoms with van der Waals surface area (Å²) in [4.78, 5) is 12.7. The average molecular weight is 377 g/mol. The van der Waals surface area contributed by atoms with E-state index in [0.717, 1.165) is 44.1 Å². The molecule has 0 amide bonds. The molecule has 1 saturated heterocycles. The van der Waals surface area contributed by atoms with Crippen LogP contribution in [0.5, 0.6) is 0 Å². The molecule has 2 heterocycles. The van der Waals surface area contributed by atoms with E-state index in [9.17, 15) is 0 Å². The van der Waals surface area contributed by atoms with E-state index in [2.05, 4.69) is 59.0 Å². The number of nitrogens with zero attached hydrogens (tertiary/aromatic N) is 3. The fourth-order valence-electron chi connectivity index (χ4n) is 3.27. The van der Waals surface area contributed by atoms with Crippen molar-refractivity contribution >= 4 is 29.2 Å². The van der Waals surface area contributed by atoms with E-state index in [0.29, 0.717) is 11.3 Å². The zero-order chi connectivity index (χ0) is 17.4. The maximum absolute atomic E-state index is 6.29. The van der Waals surface area contributed by atoms with Crippen LogP contribution >= 0.6 is 11.6 Å². The van der Waals surface area contributed by atoms with Gasteiger partial charge in [-0.05, 0) is 37.6 Å². The van der Waals surface area contributed by atoms with E-state index in [1.54, 1.807) is 0 Å². The number of rotatable bonds is 4. The lowest BCUT2D eigenvalue weighted by molar-refractivity contribution is 0.0985. The Hall–Kier alpha value is -1.30. The van der Waals surface area contributed by atoms with Crippen molar-refractivity contribution in [1.29, 1.82) is 0 Å². The minimum atomic E-state index is 0.0894. The largest absolute Gasteiger partial charge is 0.377 e. The molecule has 0 bridgehead atoms.